The Hall–Kier alpha value is -1.89. The first-order valence-electron chi connectivity index (χ1n) is 15.0. The highest BCUT2D eigenvalue weighted by Gasteiger charge is 2.25. The van der Waals surface area contributed by atoms with Crippen LogP contribution in [0.2, 0.25) is 5.02 Å². The second kappa shape index (κ2) is 16.4. The lowest BCUT2D eigenvalue weighted by Gasteiger charge is -2.12. The molecule has 0 atom stereocenters. The molecule has 3 aromatic rings. The van der Waals surface area contributed by atoms with Crippen LogP contribution in [0.1, 0.15) is 116 Å². The van der Waals surface area contributed by atoms with E-state index >= 15 is 0 Å². The predicted octanol–water partition coefficient (Wildman–Crippen LogP) is 9.51. The van der Waals surface area contributed by atoms with Gasteiger partial charge in [0.05, 0.1) is 22.4 Å². The van der Waals surface area contributed by atoms with Crippen molar-refractivity contribution in [2.45, 2.75) is 128 Å². The summed E-state index contributed by atoms with van der Waals surface area (Å²) in [5, 5.41) is -0.0483. The number of aryl methyl sites for hydroxylation is 2. The van der Waals surface area contributed by atoms with E-state index in [0.717, 1.165) is 36.4 Å². The van der Waals surface area contributed by atoms with Crippen LogP contribution in [0.4, 0.5) is 0 Å². The number of fused-ring (bicyclic) bond motifs is 1. The van der Waals surface area contributed by atoms with Gasteiger partial charge in [-0.25, -0.2) is 8.42 Å². The number of benzene rings is 2. The highest BCUT2D eigenvalue weighted by atomic mass is 35.5. The average molecular weight is 576 g/mol. The zero-order chi connectivity index (χ0) is 28.1. The molecular weight excluding hydrogens is 530 g/mol. The molecule has 0 fully saturated rings. The molecule has 0 aliphatic rings. The second-order valence-electron chi connectivity index (χ2n) is 10.8. The Kier molecular flexibility index (Phi) is 13.3. The van der Waals surface area contributed by atoms with Crippen LogP contribution in [0, 0.1) is 6.92 Å². The van der Waals surface area contributed by atoms with Gasteiger partial charge >= 0.3 is 5.89 Å². The lowest BCUT2D eigenvalue weighted by atomic mass is 10.0. The first-order chi connectivity index (χ1) is 18.8. The van der Waals surface area contributed by atoms with E-state index in [9.17, 15) is 13.0 Å². The molecule has 216 valence electrons. The summed E-state index contributed by atoms with van der Waals surface area (Å²) in [5.74, 6) is 0.794. The molecule has 7 heteroatoms. The number of nitrogens with zero attached hydrogens (tertiary/aromatic N) is 1. The van der Waals surface area contributed by atoms with E-state index < -0.39 is 15.0 Å². The summed E-state index contributed by atoms with van der Waals surface area (Å²) in [4.78, 5) is -0.400. The fraction of sp³-hybridized carbons (Fsp3) is 0.594. The van der Waals surface area contributed by atoms with Crippen molar-refractivity contribution in [2.75, 3.05) is 0 Å². The van der Waals surface area contributed by atoms with E-state index in [4.69, 9.17) is 16.0 Å². The van der Waals surface area contributed by atoms with Crippen molar-refractivity contribution >= 4 is 32.8 Å². The van der Waals surface area contributed by atoms with Gasteiger partial charge in [-0.1, -0.05) is 127 Å². The molecule has 0 amide bonds. The normalized spacial score (nSPS) is 12.0. The van der Waals surface area contributed by atoms with E-state index in [1.165, 1.54) is 96.0 Å². The molecule has 2 aromatic carbocycles. The summed E-state index contributed by atoms with van der Waals surface area (Å²) in [6, 6.07) is 10.2. The van der Waals surface area contributed by atoms with Gasteiger partial charge in [-0.3, -0.25) is 0 Å². The summed E-state index contributed by atoms with van der Waals surface area (Å²) < 4.78 is 43.2. The van der Waals surface area contributed by atoms with Gasteiger partial charge in [0.2, 0.25) is 5.58 Å². The smallest absolute Gasteiger partial charge is 0.344 e. The van der Waals surface area contributed by atoms with Crippen LogP contribution >= 0.6 is 11.6 Å². The SMILES string of the molecule is CCCCCCCCCCCCCCCCCC[n+]1c(C)oc2cccc(-c3cccc(S(=O)(=O)[O-])c3Cl)c21. The third-order valence-electron chi connectivity index (χ3n) is 7.66. The molecule has 1 aromatic heterocycles. The second-order valence-corrected chi connectivity index (χ2v) is 12.5. The van der Waals surface area contributed by atoms with Crippen LogP contribution < -0.4 is 4.57 Å². The molecule has 39 heavy (non-hydrogen) atoms. The van der Waals surface area contributed by atoms with Crippen molar-refractivity contribution in [3.63, 3.8) is 0 Å². The van der Waals surface area contributed by atoms with Gasteiger partial charge in [0.15, 0.2) is 6.54 Å². The van der Waals surface area contributed by atoms with Crippen LogP contribution in [0.3, 0.4) is 0 Å². The van der Waals surface area contributed by atoms with Crippen LogP contribution in [0.15, 0.2) is 45.7 Å². The third kappa shape index (κ3) is 9.61. The minimum Gasteiger partial charge on any atom is -0.744 e. The molecule has 0 saturated carbocycles. The predicted molar refractivity (Wildman–Crippen MR) is 159 cm³/mol. The maximum atomic E-state index is 11.7. The van der Waals surface area contributed by atoms with E-state index in [1.807, 2.05) is 25.1 Å². The molecule has 0 spiro atoms. The molecule has 1 heterocycles. The third-order valence-corrected chi connectivity index (χ3v) is 9.06. The van der Waals surface area contributed by atoms with Gasteiger partial charge in [-0.05, 0) is 24.6 Å². The molecule has 3 rings (SSSR count). The van der Waals surface area contributed by atoms with Crippen molar-refractivity contribution in [3.05, 3.63) is 47.3 Å². The van der Waals surface area contributed by atoms with Gasteiger partial charge in [0.1, 0.15) is 10.1 Å². The average Bonchev–Trinajstić information content (AvgIpc) is 3.23. The molecule has 0 aliphatic carbocycles. The van der Waals surface area contributed by atoms with Crippen LogP contribution in [-0.4, -0.2) is 13.0 Å². The van der Waals surface area contributed by atoms with Crippen molar-refractivity contribution in [1.29, 1.82) is 0 Å². The van der Waals surface area contributed by atoms with Gasteiger partial charge in [0, 0.05) is 12.0 Å². The van der Waals surface area contributed by atoms with Crippen LogP contribution in [0.5, 0.6) is 0 Å². The molecule has 0 radical (unpaired) electrons. The maximum absolute atomic E-state index is 11.7. The number of para-hydroxylation sites is 1. The Morgan fingerprint density at radius 1 is 0.744 bits per heavy atom. The maximum Gasteiger partial charge on any atom is 0.344 e. The van der Waals surface area contributed by atoms with Gasteiger partial charge in [0.25, 0.3) is 5.52 Å². The molecule has 0 saturated heterocycles. The van der Waals surface area contributed by atoms with Gasteiger partial charge < -0.3 is 8.97 Å². The van der Waals surface area contributed by atoms with E-state index in [0.29, 0.717) is 11.1 Å². The minimum atomic E-state index is -4.67. The number of oxazole rings is 1. The molecule has 5 nitrogen and oxygen atoms in total. The summed E-state index contributed by atoms with van der Waals surface area (Å²) in [7, 11) is -4.67. The van der Waals surface area contributed by atoms with Crippen molar-refractivity contribution < 1.29 is 22.0 Å². The van der Waals surface area contributed by atoms with Crippen molar-refractivity contribution in [3.8, 4) is 11.1 Å². The van der Waals surface area contributed by atoms with Crippen molar-refractivity contribution in [2.24, 2.45) is 0 Å². The lowest BCUT2D eigenvalue weighted by molar-refractivity contribution is -0.682. The fourth-order valence-electron chi connectivity index (χ4n) is 5.47. The zero-order valence-electron chi connectivity index (χ0n) is 23.9. The fourth-order valence-corrected chi connectivity index (χ4v) is 6.56. The Balaban J connectivity index is 1.43. The number of aromatic nitrogens is 1. The molecule has 0 bridgehead atoms. The number of hydrogen-bond donors (Lipinski definition) is 0. The van der Waals surface area contributed by atoms with Crippen LogP contribution in [-0.2, 0) is 16.7 Å². The number of rotatable bonds is 19. The van der Waals surface area contributed by atoms with E-state index in [1.54, 1.807) is 12.1 Å². The van der Waals surface area contributed by atoms with Crippen molar-refractivity contribution in [1.82, 2.24) is 0 Å². The number of halogens is 1. The minimum absolute atomic E-state index is 0.0483. The highest BCUT2D eigenvalue weighted by molar-refractivity contribution is 7.85. The van der Waals surface area contributed by atoms with E-state index in [2.05, 4.69) is 11.5 Å². The van der Waals surface area contributed by atoms with Gasteiger partial charge in [-0.2, -0.15) is 4.57 Å². The molecule has 0 N–H and O–H groups in total. The quantitative estimate of drug-likeness (QED) is 0.0810. The summed E-state index contributed by atoms with van der Waals surface area (Å²) in [6.07, 6.45) is 21.3. The Morgan fingerprint density at radius 3 is 1.77 bits per heavy atom. The molecule has 0 aliphatic heterocycles. The first kappa shape index (κ1) is 31.6. The summed E-state index contributed by atoms with van der Waals surface area (Å²) >= 11 is 6.42. The Bertz CT molecular complexity index is 1270. The Morgan fingerprint density at radius 2 is 1.23 bits per heavy atom. The lowest BCUT2D eigenvalue weighted by Crippen LogP contribution is -2.35. The first-order valence-corrected chi connectivity index (χ1v) is 16.8. The standard InChI is InChI=1S/C32H46ClNO4S/c1-3-4-5-6-7-8-9-10-11-12-13-14-15-16-17-18-25-34-26(2)38-29-23-19-22-28(32(29)34)27-21-20-24-30(31(27)33)39(35,36)37/h19-24H,3-18,25H2,1-2H3. The number of hydrogen-bond acceptors (Lipinski definition) is 4. The van der Waals surface area contributed by atoms with E-state index in [-0.39, 0.29) is 5.02 Å². The Labute approximate surface area is 240 Å². The monoisotopic (exact) mass is 575 g/mol. The zero-order valence-corrected chi connectivity index (χ0v) is 25.4. The topological polar surface area (TPSA) is 74.2 Å². The van der Waals surface area contributed by atoms with Crippen LogP contribution in [0.25, 0.3) is 22.2 Å². The summed E-state index contributed by atoms with van der Waals surface area (Å²) in [6.45, 7) is 5.02. The largest absolute Gasteiger partial charge is 0.744 e. The highest BCUT2D eigenvalue weighted by Crippen LogP contribution is 2.36. The van der Waals surface area contributed by atoms with Gasteiger partial charge in [-0.15, -0.1) is 0 Å². The number of unbranched alkanes of at least 4 members (excludes halogenated alkanes) is 15. The molecular formula is C32H46ClNO4S. The molecule has 0 unspecified atom stereocenters. The summed E-state index contributed by atoms with van der Waals surface area (Å²) in [5.41, 5.74) is 2.86.